The molecule has 7 heteroatoms. The van der Waals surface area contributed by atoms with Crippen LogP contribution in [0.2, 0.25) is 5.02 Å². The number of rotatable bonds is 3. The van der Waals surface area contributed by atoms with E-state index in [4.69, 9.17) is 11.6 Å². The van der Waals surface area contributed by atoms with Gasteiger partial charge in [0.15, 0.2) is 0 Å². The van der Waals surface area contributed by atoms with Crippen LogP contribution in [0.1, 0.15) is 37.2 Å². The largest absolute Gasteiger partial charge is 0.278 e. The number of benzene rings is 1. The van der Waals surface area contributed by atoms with Crippen molar-refractivity contribution in [3.63, 3.8) is 0 Å². The maximum absolute atomic E-state index is 12.3. The first-order valence-electron chi connectivity index (χ1n) is 7.67. The van der Waals surface area contributed by atoms with Gasteiger partial charge in [-0.25, -0.2) is 12.7 Å². The van der Waals surface area contributed by atoms with Crippen LogP contribution in [-0.4, -0.2) is 41.3 Å². The Balaban J connectivity index is 1.57. The highest BCUT2D eigenvalue weighted by molar-refractivity contribution is 7.90. The smallest absolute Gasteiger partial charge is 0.216 e. The summed E-state index contributed by atoms with van der Waals surface area (Å²) in [7, 11) is -3.05. The molecule has 1 aliphatic carbocycles. The number of hydrogen-bond donors (Lipinski definition) is 1. The predicted octanol–water partition coefficient (Wildman–Crippen LogP) is 2.89. The molecule has 0 amide bonds. The fourth-order valence-electron chi connectivity index (χ4n) is 3.38. The van der Waals surface area contributed by atoms with Crippen LogP contribution < -0.4 is 0 Å². The molecule has 2 aliphatic rings. The van der Waals surface area contributed by atoms with E-state index in [0.717, 1.165) is 36.6 Å². The van der Waals surface area contributed by atoms with E-state index in [1.54, 1.807) is 4.31 Å². The van der Waals surface area contributed by atoms with E-state index in [-0.39, 0.29) is 5.25 Å². The molecule has 1 aromatic carbocycles. The summed E-state index contributed by atoms with van der Waals surface area (Å²) in [6, 6.07) is 3.87. The zero-order chi connectivity index (χ0) is 15.3. The number of sulfonamides is 1. The average molecular weight is 340 g/mol. The molecule has 5 nitrogen and oxygen atoms in total. The Hall–Kier alpha value is -1.11. The van der Waals surface area contributed by atoms with Crippen LogP contribution in [0.4, 0.5) is 0 Å². The van der Waals surface area contributed by atoms with E-state index in [1.165, 1.54) is 5.56 Å². The third kappa shape index (κ3) is 2.43. The topological polar surface area (TPSA) is 66.1 Å². The molecule has 1 saturated carbocycles. The van der Waals surface area contributed by atoms with Gasteiger partial charge in [0.1, 0.15) is 0 Å². The number of nitrogens with one attached hydrogen (secondary N) is 1. The minimum absolute atomic E-state index is 0.115. The Kier molecular flexibility index (Phi) is 3.43. The van der Waals surface area contributed by atoms with Crippen molar-refractivity contribution < 1.29 is 8.42 Å². The van der Waals surface area contributed by atoms with Gasteiger partial charge in [-0.1, -0.05) is 11.6 Å². The first kappa shape index (κ1) is 14.5. The molecule has 2 heterocycles. The molecule has 1 saturated heterocycles. The van der Waals surface area contributed by atoms with Crippen LogP contribution in [0.25, 0.3) is 10.9 Å². The molecule has 4 rings (SSSR count). The van der Waals surface area contributed by atoms with Crippen LogP contribution >= 0.6 is 11.6 Å². The lowest BCUT2D eigenvalue weighted by Gasteiger charge is -2.31. The lowest BCUT2D eigenvalue weighted by molar-refractivity contribution is 0.320. The van der Waals surface area contributed by atoms with Crippen LogP contribution in [0.15, 0.2) is 18.3 Å². The average Bonchev–Trinajstić information content (AvgIpc) is 3.27. The second-order valence-corrected chi connectivity index (χ2v) is 8.89. The Morgan fingerprint density at radius 1 is 1.18 bits per heavy atom. The van der Waals surface area contributed by atoms with E-state index in [0.29, 0.717) is 24.0 Å². The van der Waals surface area contributed by atoms with Crippen molar-refractivity contribution >= 4 is 32.5 Å². The molecule has 2 fully saturated rings. The third-order valence-corrected chi connectivity index (χ3v) is 7.37. The SMILES string of the molecule is O=S(=O)(C1CC1)N1CCC(c2cc(Cl)cc3[nH]ncc23)CC1. The number of aromatic amines is 1. The maximum Gasteiger partial charge on any atom is 0.216 e. The van der Waals surface area contributed by atoms with Crippen molar-refractivity contribution in [1.82, 2.24) is 14.5 Å². The lowest BCUT2D eigenvalue weighted by Crippen LogP contribution is -2.39. The van der Waals surface area contributed by atoms with E-state index >= 15 is 0 Å². The number of hydrogen-bond acceptors (Lipinski definition) is 3. The van der Waals surface area contributed by atoms with Crippen molar-refractivity contribution in [2.75, 3.05) is 13.1 Å². The Labute approximate surface area is 134 Å². The standard InChI is InChI=1S/C15H18ClN3O2S/c16-11-7-13(14-9-17-18-15(14)8-11)10-3-5-19(6-4-10)22(20,21)12-1-2-12/h7-10,12H,1-6H2,(H,17,18). The monoisotopic (exact) mass is 339 g/mol. The minimum Gasteiger partial charge on any atom is -0.278 e. The summed E-state index contributed by atoms with van der Waals surface area (Å²) in [6.07, 6.45) is 5.16. The summed E-state index contributed by atoms with van der Waals surface area (Å²) in [5.41, 5.74) is 2.12. The minimum atomic E-state index is -3.05. The fourth-order valence-corrected chi connectivity index (χ4v) is 5.48. The lowest BCUT2D eigenvalue weighted by atomic mass is 9.88. The number of piperidine rings is 1. The van der Waals surface area contributed by atoms with Gasteiger partial charge < -0.3 is 0 Å². The first-order chi connectivity index (χ1) is 10.6. The zero-order valence-corrected chi connectivity index (χ0v) is 13.7. The molecule has 0 radical (unpaired) electrons. The maximum atomic E-state index is 12.3. The molecule has 0 spiro atoms. The van der Waals surface area contributed by atoms with Crippen LogP contribution in [0.3, 0.4) is 0 Å². The van der Waals surface area contributed by atoms with E-state index in [1.807, 2.05) is 18.3 Å². The summed E-state index contributed by atoms with van der Waals surface area (Å²) in [5, 5.41) is 8.72. The van der Waals surface area contributed by atoms with E-state index in [9.17, 15) is 8.42 Å². The van der Waals surface area contributed by atoms with Gasteiger partial charge in [-0.05, 0) is 49.3 Å². The summed E-state index contributed by atoms with van der Waals surface area (Å²) in [6.45, 7) is 1.21. The summed E-state index contributed by atoms with van der Waals surface area (Å²) < 4.78 is 26.3. The molecule has 2 aromatic rings. The van der Waals surface area contributed by atoms with E-state index in [2.05, 4.69) is 10.2 Å². The number of H-pyrrole nitrogens is 1. The molecule has 1 N–H and O–H groups in total. The number of aromatic nitrogens is 2. The molecule has 1 aromatic heterocycles. The van der Waals surface area contributed by atoms with Gasteiger partial charge in [0.2, 0.25) is 10.0 Å². The Bertz CT molecular complexity index is 805. The van der Waals surface area contributed by atoms with Crippen molar-refractivity contribution in [3.8, 4) is 0 Å². The van der Waals surface area contributed by atoms with E-state index < -0.39 is 10.0 Å². The van der Waals surface area contributed by atoms with Crippen LogP contribution in [0, 0.1) is 0 Å². The Morgan fingerprint density at radius 3 is 2.59 bits per heavy atom. The van der Waals surface area contributed by atoms with Gasteiger partial charge in [-0.15, -0.1) is 0 Å². The fraction of sp³-hybridized carbons (Fsp3) is 0.533. The zero-order valence-electron chi connectivity index (χ0n) is 12.1. The normalized spacial score (nSPS) is 21.5. The summed E-state index contributed by atoms with van der Waals surface area (Å²) >= 11 is 6.20. The quantitative estimate of drug-likeness (QED) is 0.935. The highest BCUT2D eigenvalue weighted by atomic mass is 35.5. The second kappa shape index (κ2) is 5.22. The molecule has 0 atom stereocenters. The predicted molar refractivity (Wildman–Crippen MR) is 86.6 cm³/mol. The Morgan fingerprint density at radius 2 is 1.91 bits per heavy atom. The van der Waals surface area contributed by atoms with Crippen molar-refractivity contribution in [2.24, 2.45) is 0 Å². The first-order valence-corrected chi connectivity index (χ1v) is 9.55. The third-order valence-electron chi connectivity index (χ3n) is 4.75. The van der Waals surface area contributed by atoms with Crippen LogP contribution in [-0.2, 0) is 10.0 Å². The van der Waals surface area contributed by atoms with Crippen molar-refractivity contribution in [3.05, 3.63) is 28.9 Å². The van der Waals surface area contributed by atoms with Gasteiger partial charge in [0, 0.05) is 23.5 Å². The molecule has 0 unspecified atom stereocenters. The number of nitrogens with zero attached hydrogens (tertiary/aromatic N) is 2. The number of halogens is 1. The second-order valence-electron chi connectivity index (χ2n) is 6.24. The van der Waals surface area contributed by atoms with Crippen molar-refractivity contribution in [1.29, 1.82) is 0 Å². The van der Waals surface area contributed by atoms with Gasteiger partial charge >= 0.3 is 0 Å². The highest BCUT2D eigenvalue weighted by Crippen LogP contribution is 2.38. The van der Waals surface area contributed by atoms with Gasteiger partial charge in [-0.3, -0.25) is 5.10 Å². The molecule has 22 heavy (non-hydrogen) atoms. The van der Waals surface area contributed by atoms with Crippen LogP contribution in [0.5, 0.6) is 0 Å². The van der Waals surface area contributed by atoms with Gasteiger partial charge in [0.05, 0.1) is 17.0 Å². The highest BCUT2D eigenvalue weighted by Gasteiger charge is 2.41. The molecule has 118 valence electrons. The van der Waals surface area contributed by atoms with Crippen molar-refractivity contribution in [2.45, 2.75) is 36.9 Å². The number of fused-ring (bicyclic) bond motifs is 1. The summed E-state index contributed by atoms with van der Waals surface area (Å²) in [5.74, 6) is 0.337. The molecular formula is C15H18ClN3O2S. The molecule has 1 aliphatic heterocycles. The summed E-state index contributed by atoms with van der Waals surface area (Å²) in [4.78, 5) is 0. The molecular weight excluding hydrogens is 322 g/mol. The van der Waals surface area contributed by atoms with Gasteiger partial charge in [-0.2, -0.15) is 5.10 Å². The molecule has 0 bridgehead atoms. The van der Waals surface area contributed by atoms with Gasteiger partial charge in [0.25, 0.3) is 0 Å².